The third kappa shape index (κ3) is 11.6. The summed E-state index contributed by atoms with van der Waals surface area (Å²) in [5, 5.41) is 0. The van der Waals surface area contributed by atoms with Crippen LogP contribution in [0, 0.1) is 0 Å². The van der Waals surface area contributed by atoms with Gasteiger partial charge in [0.05, 0.1) is 64.6 Å². The molecule has 0 aromatic carbocycles. The minimum Gasteiger partial charge on any atom is -0.366 e. The summed E-state index contributed by atoms with van der Waals surface area (Å²) in [5.74, 6) is -5.63. The molecule has 0 amide bonds. The van der Waals surface area contributed by atoms with Crippen molar-refractivity contribution in [3.63, 3.8) is 0 Å². The van der Waals surface area contributed by atoms with Gasteiger partial charge >= 0.3 is 15.2 Å². The van der Waals surface area contributed by atoms with Gasteiger partial charge in [0.1, 0.15) is 73.2 Å². The zero-order valence-corrected chi connectivity index (χ0v) is 43.7. The van der Waals surface area contributed by atoms with Crippen molar-refractivity contribution in [3.8, 4) is 0 Å². The lowest BCUT2D eigenvalue weighted by molar-refractivity contribution is -0.207. The van der Waals surface area contributed by atoms with E-state index in [2.05, 4.69) is 0 Å². The molecule has 9 heterocycles. The van der Waals surface area contributed by atoms with E-state index in [4.69, 9.17) is 89.1 Å². The van der Waals surface area contributed by atoms with Crippen molar-refractivity contribution in [1.82, 2.24) is 0 Å². The highest BCUT2D eigenvalue weighted by atomic mass is 31.2. The molecule has 0 spiro atoms. The zero-order chi connectivity index (χ0) is 48.9. The van der Waals surface area contributed by atoms with Gasteiger partial charge in [-0.05, 0) is 90.0 Å². The molecule has 0 radical (unpaired) electrons. The third-order valence-corrected chi connectivity index (χ3v) is 18.6. The molecule has 392 valence electrons. The molecular weight excluding hydrogens is 938 g/mol. The van der Waals surface area contributed by atoms with Crippen LogP contribution < -0.4 is 0 Å². The van der Waals surface area contributed by atoms with Crippen LogP contribution >= 0.6 is 15.2 Å². The fraction of sp³-hybridized carbons (Fsp3) is 1.00. The molecule has 9 aliphatic heterocycles. The van der Waals surface area contributed by atoms with Gasteiger partial charge in [-0.15, -0.1) is 0 Å². The molecule has 0 N–H and O–H groups in total. The summed E-state index contributed by atoms with van der Waals surface area (Å²) >= 11 is 0. The fourth-order valence-electron chi connectivity index (χ4n) is 10.9. The first-order chi connectivity index (χ1) is 31.6. The maximum Gasteiger partial charge on any atom is 0.342 e. The minimum absolute atomic E-state index is 0.00156. The SMILES string of the molecule is CCOP(=O)(CP(=O)(OCCC1O[C@H]([C@H]2COC(C)(C)O2)[C@@H]2OC(C)(C)O[C@H]12)OCCC1O[C@H]([C@H]2COC(C)(C)O2)[C@@H]2OC(C)(C)O[C@H]12)OCCC1O[C@H]([C@H]2COC(C)(C)O2)[C@@H]2OC(C)(C)O[C@H]12. The molecule has 4 unspecified atom stereocenters. The molecule has 9 rings (SSSR count). The van der Waals surface area contributed by atoms with Crippen molar-refractivity contribution >= 4 is 15.2 Å². The van der Waals surface area contributed by atoms with E-state index in [1.54, 1.807) is 6.92 Å². The van der Waals surface area contributed by atoms with Gasteiger partial charge in [0.15, 0.2) is 40.6 Å². The van der Waals surface area contributed by atoms with Crippen molar-refractivity contribution < 1.29 is 98.3 Å². The lowest BCUT2D eigenvalue weighted by Gasteiger charge is -2.28. The number of hydrogen-bond acceptors (Lipinski definition) is 21. The Morgan fingerprint density at radius 1 is 0.382 bits per heavy atom. The van der Waals surface area contributed by atoms with Gasteiger partial charge < -0.3 is 89.1 Å². The number of ether oxygens (including phenoxy) is 15. The van der Waals surface area contributed by atoms with Crippen LogP contribution in [0.4, 0.5) is 0 Å². The molecule has 16 atom stereocenters. The molecule has 0 aromatic heterocycles. The average molecular weight is 1020 g/mol. The van der Waals surface area contributed by atoms with E-state index in [0.29, 0.717) is 19.8 Å². The van der Waals surface area contributed by atoms with Gasteiger partial charge in [0.2, 0.25) is 0 Å². The summed E-state index contributed by atoms with van der Waals surface area (Å²) in [4.78, 5) is 0. The summed E-state index contributed by atoms with van der Waals surface area (Å²) in [5.41, 5.74) is 0. The highest BCUT2D eigenvalue weighted by Gasteiger charge is 2.62. The van der Waals surface area contributed by atoms with E-state index < -0.39 is 141 Å². The van der Waals surface area contributed by atoms with Crippen molar-refractivity contribution in [2.75, 3.05) is 52.2 Å². The molecule has 9 saturated heterocycles. The normalized spacial score (nSPS) is 44.2. The topological polar surface area (TPSA) is 210 Å². The largest absolute Gasteiger partial charge is 0.366 e. The average Bonchev–Trinajstić information content (AvgIpc) is 4.10. The second-order valence-corrected chi connectivity index (χ2v) is 26.5. The molecule has 21 nitrogen and oxygen atoms in total. The maximum atomic E-state index is 15.2. The fourth-order valence-corrected chi connectivity index (χ4v) is 15.6. The van der Waals surface area contributed by atoms with Gasteiger partial charge in [-0.25, -0.2) is 0 Å². The second-order valence-electron chi connectivity index (χ2n) is 21.9. The highest BCUT2D eigenvalue weighted by molar-refractivity contribution is 7.71. The minimum atomic E-state index is -4.30. The molecule has 0 aliphatic carbocycles. The lowest BCUT2D eigenvalue weighted by atomic mass is 10.0. The van der Waals surface area contributed by atoms with Gasteiger partial charge in [0.25, 0.3) is 0 Å². The predicted molar refractivity (Wildman–Crippen MR) is 236 cm³/mol. The first-order valence-corrected chi connectivity index (χ1v) is 27.8. The van der Waals surface area contributed by atoms with Crippen LogP contribution in [0.15, 0.2) is 0 Å². The standard InChI is InChI=1S/C45H76O21P2/c1-14-51-67(46,52-18-15-25-34-37(64-43(8,9)61-34)31(55-25)28-21-48-40(2,3)58-28)24-68(47,53-19-16-26-35-38(65-44(10,11)62-35)32(56-26)29-22-49-41(4,5)59-29)54-20-17-27-36-39(66-45(12,13)63-36)33(57-27)30-23-50-42(6,7)60-30/h25-39H,14-24H2,1-13H3/t25?,26?,27?,28-,29-,30-,31-,32-,33-,34-,35-,36-,37+,38+,39+,67?,68?/m1/s1. The van der Waals surface area contributed by atoms with Crippen LogP contribution in [0.5, 0.6) is 0 Å². The van der Waals surface area contributed by atoms with E-state index in [-0.39, 0.29) is 51.8 Å². The van der Waals surface area contributed by atoms with Crippen LogP contribution in [-0.4, -0.2) is 178 Å². The Labute approximate surface area is 400 Å². The van der Waals surface area contributed by atoms with E-state index >= 15 is 4.57 Å². The Morgan fingerprint density at radius 3 is 0.926 bits per heavy atom. The van der Waals surface area contributed by atoms with Gasteiger partial charge in [-0.3, -0.25) is 9.13 Å². The molecule has 9 aliphatic rings. The Kier molecular flexibility index (Phi) is 14.8. The van der Waals surface area contributed by atoms with E-state index in [1.807, 2.05) is 83.1 Å². The van der Waals surface area contributed by atoms with Crippen LogP contribution in [0.3, 0.4) is 0 Å². The zero-order valence-electron chi connectivity index (χ0n) is 41.9. The monoisotopic (exact) mass is 1010 g/mol. The Hall–Kier alpha value is -0.300. The smallest absolute Gasteiger partial charge is 0.342 e. The Bertz CT molecular complexity index is 1800. The molecular formula is C45H76O21P2. The van der Waals surface area contributed by atoms with E-state index in [1.165, 1.54) is 0 Å². The van der Waals surface area contributed by atoms with Crippen molar-refractivity contribution in [2.24, 2.45) is 0 Å². The third-order valence-electron chi connectivity index (χ3n) is 13.5. The van der Waals surface area contributed by atoms with Gasteiger partial charge in [0, 0.05) is 19.3 Å². The Balaban J connectivity index is 0.882. The lowest BCUT2D eigenvalue weighted by Crippen LogP contribution is -2.40. The van der Waals surface area contributed by atoms with Crippen molar-refractivity contribution in [1.29, 1.82) is 0 Å². The summed E-state index contributed by atoms with van der Waals surface area (Å²) in [6.07, 6.45) is -6.24. The summed E-state index contributed by atoms with van der Waals surface area (Å²) < 4.78 is 148. The first kappa shape index (κ1) is 52.6. The van der Waals surface area contributed by atoms with Gasteiger partial charge in [-0.1, -0.05) is 0 Å². The molecule has 0 bridgehead atoms. The first-order valence-electron chi connectivity index (χ1n) is 24.4. The molecule has 0 aromatic rings. The summed E-state index contributed by atoms with van der Waals surface area (Å²) in [7, 11) is -8.48. The van der Waals surface area contributed by atoms with E-state index in [9.17, 15) is 4.57 Å². The summed E-state index contributed by atoms with van der Waals surface area (Å²) in [6.45, 7) is 24.5. The van der Waals surface area contributed by atoms with Crippen LogP contribution in [0.2, 0.25) is 0 Å². The maximum absolute atomic E-state index is 15.2. The van der Waals surface area contributed by atoms with Crippen LogP contribution in [-0.2, 0) is 98.3 Å². The summed E-state index contributed by atoms with van der Waals surface area (Å²) in [6, 6.07) is 0. The second kappa shape index (κ2) is 19.1. The van der Waals surface area contributed by atoms with Crippen LogP contribution in [0.25, 0.3) is 0 Å². The Morgan fingerprint density at radius 2 is 0.662 bits per heavy atom. The predicted octanol–water partition coefficient (Wildman–Crippen LogP) is 5.90. The molecule has 9 fully saturated rings. The van der Waals surface area contributed by atoms with E-state index in [0.717, 1.165) is 0 Å². The molecule has 23 heteroatoms. The molecule has 68 heavy (non-hydrogen) atoms. The number of fused-ring (bicyclic) bond motifs is 3. The molecule has 0 saturated carbocycles. The van der Waals surface area contributed by atoms with Crippen molar-refractivity contribution in [3.05, 3.63) is 0 Å². The number of rotatable bonds is 19. The van der Waals surface area contributed by atoms with Crippen molar-refractivity contribution in [2.45, 2.75) is 236 Å². The van der Waals surface area contributed by atoms with Crippen LogP contribution in [0.1, 0.15) is 109 Å². The highest BCUT2D eigenvalue weighted by Crippen LogP contribution is 2.64. The van der Waals surface area contributed by atoms with Gasteiger partial charge in [-0.2, -0.15) is 0 Å². The quantitative estimate of drug-likeness (QED) is 0.138. The number of hydrogen-bond donors (Lipinski definition) is 0.